The van der Waals surface area contributed by atoms with E-state index < -0.39 is 18.2 Å². The average molecular weight is 452 g/mol. The summed E-state index contributed by atoms with van der Waals surface area (Å²) in [6.07, 6.45) is 3.99. The molecular weight excluding hydrogens is 432 g/mol. The van der Waals surface area contributed by atoms with Crippen LogP contribution in [0.15, 0.2) is 60.6 Å². The van der Waals surface area contributed by atoms with Crippen LogP contribution in [0.2, 0.25) is 10.3 Å². The van der Waals surface area contributed by atoms with Crippen molar-refractivity contribution in [2.24, 2.45) is 0 Å². The Kier molecular flexibility index (Phi) is 7.93. The highest BCUT2D eigenvalue weighted by atomic mass is 35.5. The number of alkyl halides is 1. The highest BCUT2D eigenvalue weighted by Gasteiger charge is 2.27. The van der Waals surface area contributed by atoms with Crippen molar-refractivity contribution in [1.82, 2.24) is 14.9 Å². The Morgan fingerprint density at radius 3 is 2.60 bits per heavy atom. The van der Waals surface area contributed by atoms with Crippen LogP contribution in [-0.2, 0) is 11.3 Å². The molecule has 1 aliphatic carbocycles. The van der Waals surface area contributed by atoms with Gasteiger partial charge in [0.05, 0.1) is 19.3 Å². The van der Waals surface area contributed by atoms with Crippen molar-refractivity contribution in [3.63, 3.8) is 0 Å². The van der Waals surface area contributed by atoms with E-state index in [1.165, 1.54) is 11.0 Å². The Labute approximate surface area is 183 Å². The minimum Gasteiger partial charge on any atom is -0.395 e. The third-order valence-corrected chi connectivity index (χ3v) is 5.02. The SMILES string of the molecule is O=C(c1c(Cl)ncnc1Cl)N(CCO)C1=CC(F)CC(OCc2ccccc2)C=C1. The van der Waals surface area contributed by atoms with Gasteiger partial charge in [-0.1, -0.05) is 59.6 Å². The number of benzene rings is 1. The molecule has 158 valence electrons. The van der Waals surface area contributed by atoms with Crippen molar-refractivity contribution >= 4 is 29.1 Å². The first-order valence-corrected chi connectivity index (χ1v) is 10.0. The molecule has 0 aliphatic heterocycles. The molecule has 1 heterocycles. The Balaban J connectivity index is 1.79. The van der Waals surface area contributed by atoms with E-state index in [2.05, 4.69) is 9.97 Å². The maximum Gasteiger partial charge on any atom is 0.264 e. The summed E-state index contributed by atoms with van der Waals surface area (Å²) in [5.74, 6) is -0.633. The second kappa shape index (κ2) is 10.6. The second-order valence-electron chi connectivity index (χ2n) is 6.55. The van der Waals surface area contributed by atoms with Crippen LogP contribution in [0, 0.1) is 0 Å². The third-order valence-electron chi connectivity index (χ3n) is 4.45. The molecule has 30 heavy (non-hydrogen) atoms. The topological polar surface area (TPSA) is 75.6 Å². The summed E-state index contributed by atoms with van der Waals surface area (Å²) in [6, 6.07) is 9.57. The van der Waals surface area contributed by atoms with E-state index in [4.69, 9.17) is 27.9 Å². The molecule has 6 nitrogen and oxygen atoms in total. The number of amides is 1. The summed E-state index contributed by atoms with van der Waals surface area (Å²) in [7, 11) is 0. The van der Waals surface area contributed by atoms with Crippen LogP contribution in [0.5, 0.6) is 0 Å². The number of ether oxygens (including phenoxy) is 1. The predicted molar refractivity (Wildman–Crippen MR) is 112 cm³/mol. The number of hydrogen-bond donors (Lipinski definition) is 1. The lowest BCUT2D eigenvalue weighted by molar-refractivity contribution is 0.0557. The zero-order valence-electron chi connectivity index (χ0n) is 15.9. The molecule has 0 bridgehead atoms. The van der Waals surface area contributed by atoms with E-state index in [9.17, 15) is 14.3 Å². The Bertz CT molecular complexity index is 920. The number of rotatable bonds is 7. The summed E-state index contributed by atoms with van der Waals surface area (Å²) >= 11 is 12.0. The number of carbonyl (C=O) groups is 1. The largest absolute Gasteiger partial charge is 0.395 e. The normalized spacial score (nSPS) is 18.6. The quantitative estimate of drug-likeness (QED) is 0.644. The molecule has 0 saturated heterocycles. The monoisotopic (exact) mass is 451 g/mol. The first kappa shape index (κ1) is 22.4. The van der Waals surface area contributed by atoms with Gasteiger partial charge in [-0.25, -0.2) is 14.4 Å². The van der Waals surface area contributed by atoms with Crippen molar-refractivity contribution in [3.8, 4) is 0 Å². The Hall–Kier alpha value is -2.32. The van der Waals surface area contributed by atoms with E-state index in [1.54, 1.807) is 12.2 Å². The van der Waals surface area contributed by atoms with Gasteiger partial charge in [0.1, 0.15) is 28.4 Å². The van der Waals surface area contributed by atoms with Crippen LogP contribution in [0.4, 0.5) is 4.39 Å². The molecular formula is C21H20Cl2FN3O3. The number of aromatic nitrogens is 2. The van der Waals surface area contributed by atoms with Gasteiger partial charge in [0.25, 0.3) is 5.91 Å². The molecule has 0 spiro atoms. The zero-order valence-corrected chi connectivity index (χ0v) is 17.4. The number of aliphatic hydroxyl groups is 1. The van der Waals surface area contributed by atoms with E-state index >= 15 is 0 Å². The summed E-state index contributed by atoms with van der Waals surface area (Å²) in [5, 5.41) is 9.19. The number of aliphatic hydroxyl groups excluding tert-OH is 1. The Morgan fingerprint density at radius 2 is 1.93 bits per heavy atom. The van der Waals surface area contributed by atoms with Gasteiger partial charge in [-0.2, -0.15) is 0 Å². The molecule has 0 saturated carbocycles. The van der Waals surface area contributed by atoms with Gasteiger partial charge >= 0.3 is 0 Å². The van der Waals surface area contributed by atoms with Gasteiger partial charge in [-0.05, 0) is 17.7 Å². The molecule has 9 heteroatoms. The van der Waals surface area contributed by atoms with Gasteiger partial charge in [0.15, 0.2) is 0 Å². The molecule has 1 N–H and O–H groups in total. The maximum absolute atomic E-state index is 14.6. The molecule has 1 aromatic carbocycles. The van der Waals surface area contributed by atoms with Crippen LogP contribution in [0.3, 0.4) is 0 Å². The number of hydrogen-bond acceptors (Lipinski definition) is 5. The fraction of sp³-hybridized carbons (Fsp3) is 0.286. The predicted octanol–water partition coefficient (Wildman–Crippen LogP) is 3.99. The smallest absolute Gasteiger partial charge is 0.264 e. The summed E-state index contributed by atoms with van der Waals surface area (Å²) in [4.78, 5) is 21.8. The van der Waals surface area contributed by atoms with Gasteiger partial charge in [-0.15, -0.1) is 0 Å². The summed E-state index contributed by atoms with van der Waals surface area (Å²) in [5.41, 5.74) is 1.13. The maximum atomic E-state index is 14.6. The van der Waals surface area contributed by atoms with Crippen LogP contribution >= 0.6 is 23.2 Å². The van der Waals surface area contributed by atoms with Crippen molar-refractivity contribution in [2.45, 2.75) is 25.3 Å². The Morgan fingerprint density at radius 1 is 1.23 bits per heavy atom. The van der Waals surface area contributed by atoms with E-state index in [0.29, 0.717) is 6.61 Å². The lowest BCUT2D eigenvalue weighted by Gasteiger charge is -2.23. The van der Waals surface area contributed by atoms with Crippen molar-refractivity contribution in [1.29, 1.82) is 0 Å². The van der Waals surface area contributed by atoms with E-state index in [-0.39, 0.29) is 41.1 Å². The summed E-state index contributed by atoms with van der Waals surface area (Å²) < 4.78 is 20.4. The molecule has 0 fully saturated rings. The highest BCUT2D eigenvalue weighted by Crippen LogP contribution is 2.26. The summed E-state index contributed by atoms with van der Waals surface area (Å²) in [6.45, 7) is -0.0900. The molecule has 3 rings (SSSR count). The van der Waals surface area contributed by atoms with Crippen molar-refractivity contribution in [2.75, 3.05) is 13.2 Å². The highest BCUT2D eigenvalue weighted by molar-refractivity contribution is 6.38. The van der Waals surface area contributed by atoms with Crippen LogP contribution in [0.1, 0.15) is 22.3 Å². The minimum absolute atomic E-state index is 0.0845. The first-order valence-electron chi connectivity index (χ1n) is 9.28. The average Bonchev–Trinajstić information content (AvgIpc) is 2.92. The number of halogens is 3. The molecule has 2 aromatic rings. The van der Waals surface area contributed by atoms with E-state index in [1.807, 2.05) is 30.3 Å². The van der Waals surface area contributed by atoms with Gasteiger partial charge < -0.3 is 14.7 Å². The lowest BCUT2D eigenvalue weighted by atomic mass is 10.2. The van der Waals surface area contributed by atoms with E-state index in [0.717, 1.165) is 11.9 Å². The van der Waals surface area contributed by atoms with Crippen molar-refractivity contribution < 1.29 is 19.0 Å². The molecule has 1 amide bonds. The molecule has 2 unspecified atom stereocenters. The van der Waals surface area contributed by atoms with Crippen molar-refractivity contribution in [3.05, 3.63) is 82.0 Å². The zero-order chi connectivity index (χ0) is 21.5. The fourth-order valence-electron chi connectivity index (χ4n) is 3.00. The van der Waals surface area contributed by atoms with Crippen LogP contribution in [0.25, 0.3) is 0 Å². The number of nitrogens with zero attached hydrogens (tertiary/aromatic N) is 3. The molecule has 0 radical (unpaired) electrons. The van der Waals surface area contributed by atoms with Gasteiger partial charge in [-0.3, -0.25) is 4.79 Å². The van der Waals surface area contributed by atoms with Crippen LogP contribution < -0.4 is 0 Å². The molecule has 1 aliphatic rings. The first-order chi connectivity index (χ1) is 14.5. The standard InChI is InChI=1S/C21H20Cl2FN3O3/c22-19-18(20(23)26-13-25-19)21(29)27(8-9-28)16-6-7-17(11-15(24)10-16)30-12-14-4-2-1-3-5-14/h1-7,10,13,15,17,28H,8-9,11-12H2. The number of allylic oxidation sites excluding steroid dienone is 2. The third kappa shape index (κ3) is 5.64. The molecule has 2 atom stereocenters. The minimum atomic E-state index is -1.36. The lowest BCUT2D eigenvalue weighted by Crippen LogP contribution is -2.33. The van der Waals surface area contributed by atoms with Crippen LogP contribution in [-0.4, -0.2) is 51.3 Å². The van der Waals surface area contributed by atoms with Gasteiger partial charge in [0, 0.05) is 18.7 Å². The van der Waals surface area contributed by atoms with Gasteiger partial charge in [0.2, 0.25) is 0 Å². The molecule has 1 aromatic heterocycles. The number of carbonyl (C=O) groups excluding carboxylic acids is 1. The fourth-order valence-corrected chi connectivity index (χ4v) is 3.48. The second-order valence-corrected chi connectivity index (χ2v) is 7.26.